The summed E-state index contributed by atoms with van der Waals surface area (Å²) in [6.45, 7) is 3.97. The first-order chi connectivity index (χ1) is 9.44. The van der Waals surface area contributed by atoms with Gasteiger partial charge in [-0.2, -0.15) is 5.10 Å². The number of aromatic nitrogens is 2. The van der Waals surface area contributed by atoms with E-state index in [0.717, 1.165) is 38.0 Å². The van der Waals surface area contributed by atoms with Crippen LogP contribution in [0.15, 0.2) is 6.07 Å². The molecule has 1 N–H and O–H groups in total. The Balaban J connectivity index is 1.81. The first-order valence-electron chi connectivity index (χ1n) is 7.37. The summed E-state index contributed by atoms with van der Waals surface area (Å²) in [5.74, 6) is 1.03. The van der Waals surface area contributed by atoms with E-state index in [-0.39, 0.29) is 5.41 Å². The van der Waals surface area contributed by atoms with Gasteiger partial charge in [0.05, 0.1) is 17.2 Å². The van der Waals surface area contributed by atoms with E-state index >= 15 is 0 Å². The van der Waals surface area contributed by atoms with Crippen molar-refractivity contribution in [1.82, 2.24) is 15.1 Å². The molecule has 1 aromatic heterocycles. The average Bonchev–Trinajstić information content (AvgIpc) is 2.87. The molecule has 1 unspecified atom stereocenters. The van der Waals surface area contributed by atoms with E-state index in [0.29, 0.717) is 17.4 Å². The van der Waals surface area contributed by atoms with E-state index in [1.807, 2.05) is 11.7 Å². The molecule has 0 saturated carbocycles. The summed E-state index contributed by atoms with van der Waals surface area (Å²) in [4.78, 5) is 0. The number of nitrogens with zero attached hydrogens (tertiary/aromatic N) is 2. The Hall–Kier alpha value is -0.880. The molecular formula is C14H23N3O2S. The maximum Gasteiger partial charge on any atom is 0.150 e. The van der Waals surface area contributed by atoms with Crippen molar-refractivity contribution < 1.29 is 8.42 Å². The van der Waals surface area contributed by atoms with Crippen LogP contribution in [0.4, 0.5) is 0 Å². The molecule has 0 bridgehead atoms. The van der Waals surface area contributed by atoms with E-state index in [1.54, 1.807) is 0 Å². The molecule has 3 heterocycles. The monoisotopic (exact) mass is 297 g/mol. The lowest BCUT2D eigenvalue weighted by Crippen LogP contribution is -2.59. The van der Waals surface area contributed by atoms with Crippen molar-refractivity contribution in [3.05, 3.63) is 17.5 Å². The molecule has 20 heavy (non-hydrogen) atoms. The molecule has 0 aliphatic carbocycles. The van der Waals surface area contributed by atoms with E-state index in [2.05, 4.69) is 23.4 Å². The lowest BCUT2D eigenvalue weighted by molar-refractivity contribution is 0.0899. The van der Waals surface area contributed by atoms with Gasteiger partial charge in [0.1, 0.15) is 0 Å². The van der Waals surface area contributed by atoms with Crippen LogP contribution < -0.4 is 5.32 Å². The third-order valence-electron chi connectivity index (χ3n) is 4.98. The van der Waals surface area contributed by atoms with Crippen LogP contribution in [0, 0.1) is 11.3 Å². The van der Waals surface area contributed by atoms with Gasteiger partial charge in [-0.1, -0.05) is 6.92 Å². The van der Waals surface area contributed by atoms with E-state index in [4.69, 9.17) is 0 Å². The van der Waals surface area contributed by atoms with Crippen LogP contribution in [-0.4, -0.2) is 42.8 Å². The summed E-state index contributed by atoms with van der Waals surface area (Å²) in [6, 6.07) is 2.17. The van der Waals surface area contributed by atoms with Gasteiger partial charge in [-0.15, -0.1) is 0 Å². The molecule has 0 aromatic carbocycles. The summed E-state index contributed by atoms with van der Waals surface area (Å²) in [5, 5.41) is 7.85. The highest BCUT2D eigenvalue weighted by Gasteiger charge is 2.48. The predicted molar refractivity (Wildman–Crippen MR) is 78.4 cm³/mol. The Kier molecular flexibility index (Phi) is 3.41. The molecule has 2 saturated heterocycles. The first kappa shape index (κ1) is 14.1. The van der Waals surface area contributed by atoms with Crippen LogP contribution in [0.2, 0.25) is 0 Å². The normalized spacial score (nSPS) is 27.4. The van der Waals surface area contributed by atoms with E-state index in [1.165, 1.54) is 5.69 Å². The fraction of sp³-hybridized carbons (Fsp3) is 0.786. The molecule has 6 heteroatoms. The highest BCUT2D eigenvalue weighted by Crippen LogP contribution is 2.41. The number of aryl methyl sites for hydroxylation is 2. The van der Waals surface area contributed by atoms with Crippen molar-refractivity contribution in [2.24, 2.45) is 18.4 Å². The zero-order valence-corrected chi connectivity index (χ0v) is 13.0. The minimum Gasteiger partial charge on any atom is -0.315 e. The maximum atomic E-state index is 11.8. The number of hydrogen-bond acceptors (Lipinski definition) is 4. The summed E-state index contributed by atoms with van der Waals surface area (Å²) in [5.41, 5.74) is 2.46. The minimum absolute atomic E-state index is 0.113. The Morgan fingerprint density at radius 1 is 1.50 bits per heavy atom. The summed E-state index contributed by atoms with van der Waals surface area (Å²) >= 11 is 0. The molecule has 2 aliphatic heterocycles. The van der Waals surface area contributed by atoms with Gasteiger partial charge >= 0.3 is 0 Å². The maximum absolute atomic E-state index is 11.8. The van der Waals surface area contributed by atoms with Crippen molar-refractivity contribution >= 4 is 9.84 Å². The van der Waals surface area contributed by atoms with Crippen molar-refractivity contribution in [1.29, 1.82) is 0 Å². The Labute approximate surface area is 120 Å². The van der Waals surface area contributed by atoms with Gasteiger partial charge in [0.2, 0.25) is 0 Å². The number of sulfone groups is 1. The summed E-state index contributed by atoms with van der Waals surface area (Å²) < 4.78 is 25.5. The smallest absolute Gasteiger partial charge is 0.150 e. The minimum atomic E-state index is -2.81. The Bertz CT molecular complexity index is 602. The molecular weight excluding hydrogens is 274 g/mol. The lowest BCUT2D eigenvalue weighted by atomic mass is 9.67. The second-order valence-electron chi connectivity index (χ2n) is 6.35. The third kappa shape index (κ3) is 2.39. The van der Waals surface area contributed by atoms with Gasteiger partial charge in [0.25, 0.3) is 0 Å². The number of rotatable bonds is 4. The molecule has 0 amide bonds. The van der Waals surface area contributed by atoms with Crippen LogP contribution in [-0.2, 0) is 29.7 Å². The zero-order valence-electron chi connectivity index (χ0n) is 12.2. The second kappa shape index (κ2) is 4.84. The van der Waals surface area contributed by atoms with Gasteiger partial charge < -0.3 is 5.32 Å². The van der Waals surface area contributed by atoms with Gasteiger partial charge in [0.15, 0.2) is 9.84 Å². The van der Waals surface area contributed by atoms with Crippen LogP contribution in [0.1, 0.15) is 24.7 Å². The standard InChI is InChI=1S/C14H23N3O2S/c1-3-12-6-13(17(2)16-12)7-14(9-15-10-14)11-4-5-20(18,19)8-11/h6,11,15H,3-5,7-10H2,1-2H3. The van der Waals surface area contributed by atoms with Crippen LogP contribution in [0.5, 0.6) is 0 Å². The molecule has 2 fully saturated rings. The fourth-order valence-electron chi connectivity index (χ4n) is 3.55. The zero-order chi connectivity index (χ0) is 14.4. The largest absolute Gasteiger partial charge is 0.315 e. The molecule has 5 nitrogen and oxygen atoms in total. The van der Waals surface area contributed by atoms with Crippen molar-refractivity contribution in [3.63, 3.8) is 0 Å². The SMILES string of the molecule is CCc1cc(CC2(C3CCS(=O)(=O)C3)CNC2)n(C)n1. The van der Waals surface area contributed by atoms with Crippen molar-refractivity contribution in [2.45, 2.75) is 26.2 Å². The lowest BCUT2D eigenvalue weighted by Gasteiger charge is -2.47. The predicted octanol–water partition coefficient (Wildman–Crippen LogP) is 0.549. The van der Waals surface area contributed by atoms with Crippen molar-refractivity contribution in [2.75, 3.05) is 24.6 Å². The fourth-order valence-corrected chi connectivity index (χ4v) is 5.50. The molecule has 1 atom stereocenters. The quantitative estimate of drug-likeness (QED) is 0.881. The highest BCUT2D eigenvalue weighted by atomic mass is 32.2. The highest BCUT2D eigenvalue weighted by molar-refractivity contribution is 7.91. The molecule has 3 rings (SSSR count). The van der Waals surface area contributed by atoms with Crippen LogP contribution in [0.3, 0.4) is 0 Å². The third-order valence-corrected chi connectivity index (χ3v) is 6.74. The topological polar surface area (TPSA) is 64.0 Å². The number of nitrogens with one attached hydrogen (secondary N) is 1. The average molecular weight is 297 g/mol. The first-order valence-corrected chi connectivity index (χ1v) is 9.19. The van der Waals surface area contributed by atoms with E-state index < -0.39 is 9.84 Å². The van der Waals surface area contributed by atoms with Crippen LogP contribution in [0.25, 0.3) is 0 Å². The van der Waals surface area contributed by atoms with E-state index in [9.17, 15) is 8.42 Å². The molecule has 2 aliphatic rings. The summed E-state index contributed by atoms with van der Waals surface area (Å²) in [6.07, 6.45) is 2.70. The van der Waals surface area contributed by atoms with Gasteiger partial charge in [-0.05, 0) is 31.2 Å². The number of hydrogen-bond donors (Lipinski definition) is 1. The van der Waals surface area contributed by atoms with Crippen LogP contribution >= 0.6 is 0 Å². The molecule has 112 valence electrons. The second-order valence-corrected chi connectivity index (χ2v) is 8.58. The Morgan fingerprint density at radius 2 is 2.25 bits per heavy atom. The van der Waals surface area contributed by atoms with Gasteiger partial charge in [-0.3, -0.25) is 4.68 Å². The molecule has 1 aromatic rings. The Morgan fingerprint density at radius 3 is 2.70 bits per heavy atom. The molecule has 0 radical (unpaired) electrons. The summed E-state index contributed by atoms with van der Waals surface area (Å²) in [7, 11) is -0.821. The van der Waals surface area contributed by atoms with Gasteiger partial charge in [-0.25, -0.2) is 8.42 Å². The van der Waals surface area contributed by atoms with Gasteiger partial charge in [0, 0.05) is 31.2 Å². The molecule has 0 spiro atoms. The van der Waals surface area contributed by atoms with Crippen molar-refractivity contribution in [3.8, 4) is 0 Å².